The number of anilines is 1. The van der Waals surface area contributed by atoms with Gasteiger partial charge in [-0.05, 0) is 17.4 Å². The monoisotopic (exact) mass is 450 g/mol. The lowest BCUT2D eigenvalue weighted by Gasteiger charge is -2.38. The molecule has 0 spiro atoms. The Balaban J connectivity index is 1.51. The van der Waals surface area contributed by atoms with Gasteiger partial charge < -0.3 is 10.1 Å². The van der Waals surface area contributed by atoms with Crippen molar-refractivity contribution in [1.29, 1.82) is 0 Å². The number of thiazole rings is 1. The van der Waals surface area contributed by atoms with Crippen LogP contribution in [0, 0.1) is 5.92 Å². The Kier molecular flexibility index (Phi) is 8.80. The van der Waals surface area contributed by atoms with Crippen LogP contribution in [-0.2, 0) is 16.0 Å². The van der Waals surface area contributed by atoms with E-state index in [1.54, 1.807) is 6.07 Å². The third kappa shape index (κ3) is 6.34. The van der Waals surface area contributed by atoms with Gasteiger partial charge in [0.1, 0.15) is 0 Å². The van der Waals surface area contributed by atoms with Gasteiger partial charge in [-0.2, -0.15) is 0 Å². The molecule has 9 heteroatoms. The molecule has 1 saturated heterocycles. The predicted octanol–water partition coefficient (Wildman–Crippen LogP) is 3.25. The Labute approximate surface area is 185 Å². The molecule has 3 heterocycles. The molecule has 1 unspecified atom stereocenters. The van der Waals surface area contributed by atoms with Gasteiger partial charge in [-0.3, -0.25) is 19.8 Å². The summed E-state index contributed by atoms with van der Waals surface area (Å²) in [5, 5.41) is 10.1. The molecule has 2 amide bonds. The molecule has 3 rings (SSSR count). The highest BCUT2D eigenvalue weighted by atomic mass is 32.1. The Bertz CT molecular complexity index is 799. The van der Waals surface area contributed by atoms with Crippen molar-refractivity contribution in [2.45, 2.75) is 39.2 Å². The maximum atomic E-state index is 12.5. The number of carbonyl (C=O) groups is 2. The Morgan fingerprint density at radius 1 is 1.23 bits per heavy atom. The van der Waals surface area contributed by atoms with E-state index in [1.165, 1.54) is 22.7 Å². The molecule has 7 nitrogen and oxygen atoms in total. The number of hydrogen-bond acceptors (Lipinski definition) is 7. The van der Waals surface area contributed by atoms with Crippen molar-refractivity contribution >= 4 is 39.6 Å². The Morgan fingerprint density at radius 3 is 2.67 bits per heavy atom. The molecule has 0 aromatic carbocycles. The molecule has 0 radical (unpaired) electrons. The molecule has 2 aromatic heterocycles. The van der Waals surface area contributed by atoms with Crippen LogP contribution in [0.3, 0.4) is 0 Å². The molecular weight excluding hydrogens is 420 g/mol. The molecule has 2 N–H and O–H groups in total. The van der Waals surface area contributed by atoms with Crippen molar-refractivity contribution in [3.05, 3.63) is 33.5 Å². The molecule has 0 bridgehead atoms. The number of hydrogen-bond donors (Lipinski definition) is 2. The molecule has 0 saturated carbocycles. The first-order valence-electron chi connectivity index (χ1n) is 10.5. The molecule has 0 aliphatic carbocycles. The number of carbonyl (C=O) groups excluding carboxylic acids is 2. The SMILES string of the molecule is CCC(CC)C(CNC(=O)Cc1csc(NC(=O)c2cccs2)n1)N1CCOCC1. The fraction of sp³-hybridized carbons (Fsp3) is 0.571. The van der Waals surface area contributed by atoms with Gasteiger partial charge in [0.05, 0.1) is 30.2 Å². The van der Waals surface area contributed by atoms with Crippen LogP contribution in [0.2, 0.25) is 0 Å². The lowest BCUT2D eigenvalue weighted by Crippen LogP contribution is -2.52. The number of thiophene rings is 1. The molecule has 1 fully saturated rings. The molecule has 1 aliphatic heterocycles. The minimum Gasteiger partial charge on any atom is -0.379 e. The smallest absolute Gasteiger partial charge is 0.267 e. The minimum atomic E-state index is -0.172. The average molecular weight is 451 g/mol. The van der Waals surface area contributed by atoms with Crippen molar-refractivity contribution in [2.75, 3.05) is 38.2 Å². The molecule has 30 heavy (non-hydrogen) atoms. The van der Waals surface area contributed by atoms with Gasteiger partial charge in [-0.15, -0.1) is 22.7 Å². The first-order chi connectivity index (χ1) is 14.6. The number of rotatable bonds is 10. The fourth-order valence-electron chi connectivity index (χ4n) is 3.79. The zero-order chi connectivity index (χ0) is 21.3. The maximum Gasteiger partial charge on any atom is 0.267 e. The topological polar surface area (TPSA) is 83.6 Å². The highest BCUT2D eigenvalue weighted by molar-refractivity contribution is 7.14. The van der Waals surface area contributed by atoms with Crippen LogP contribution in [0.4, 0.5) is 5.13 Å². The second kappa shape index (κ2) is 11.5. The van der Waals surface area contributed by atoms with Gasteiger partial charge in [0.2, 0.25) is 5.91 Å². The van der Waals surface area contributed by atoms with E-state index in [9.17, 15) is 9.59 Å². The predicted molar refractivity (Wildman–Crippen MR) is 121 cm³/mol. The number of morpholine rings is 1. The lowest BCUT2D eigenvalue weighted by molar-refractivity contribution is -0.121. The van der Waals surface area contributed by atoms with Gasteiger partial charge in [0.25, 0.3) is 5.91 Å². The third-order valence-electron chi connectivity index (χ3n) is 5.47. The number of nitrogens with zero attached hydrogens (tertiary/aromatic N) is 2. The molecule has 164 valence electrons. The van der Waals surface area contributed by atoms with E-state index < -0.39 is 0 Å². The van der Waals surface area contributed by atoms with E-state index >= 15 is 0 Å². The Hall–Kier alpha value is -1.81. The first kappa shape index (κ1) is 22.9. The third-order valence-corrected chi connectivity index (χ3v) is 7.15. The van der Waals surface area contributed by atoms with Crippen molar-refractivity contribution in [1.82, 2.24) is 15.2 Å². The standard InChI is InChI=1S/C21H30N4O3S2/c1-3-15(4-2)17(25-7-9-28-10-8-25)13-22-19(26)12-16-14-30-21(23-16)24-20(27)18-6-5-11-29-18/h5-6,11,14-15,17H,3-4,7-10,12-13H2,1-2H3,(H,22,26)(H,23,24,27). The summed E-state index contributed by atoms with van der Waals surface area (Å²) in [6.45, 7) is 8.40. The van der Waals surface area contributed by atoms with Crippen LogP contribution in [0.15, 0.2) is 22.9 Å². The summed E-state index contributed by atoms with van der Waals surface area (Å²) in [4.78, 5) is 32.1. The summed E-state index contributed by atoms with van der Waals surface area (Å²) in [6, 6.07) is 3.93. The normalized spacial score (nSPS) is 15.8. The summed E-state index contributed by atoms with van der Waals surface area (Å²) in [7, 11) is 0. The Morgan fingerprint density at radius 2 is 2.00 bits per heavy atom. The molecule has 1 aliphatic rings. The molecule has 1 atom stereocenters. The van der Waals surface area contributed by atoms with Crippen LogP contribution >= 0.6 is 22.7 Å². The van der Waals surface area contributed by atoms with E-state index in [0.29, 0.717) is 34.2 Å². The zero-order valence-corrected chi connectivity index (χ0v) is 19.2. The lowest BCUT2D eigenvalue weighted by atomic mass is 9.92. The second-order valence-corrected chi connectivity index (χ2v) is 9.15. The number of amides is 2. The summed E-state index contributed by atoms with van der Waals surface area (Å²) in [5.41, 5.74) is 0.671. The highest BCUT2D eigenvalue weighted by Crippen LogP contribution is 2.20. The minimum absolute atomic E-state index is 0.0411. The van der Waals surface area contributed by atoms with E-state index in [4.69, 9.17) is 4.74 Å². The second-order valence-electron chi connectivity index (χ2n) is 7.35. The van der Waals surface area contributed by atoms with E-state index in [0.717, 1.165) is 39.1 Å². The average Bonchev–Trinajstić information content (AvgIpc) is 3.44. The van der Waals surface area contributed by atoms with Crippen LogP contribution < -0.4 is 10.6 Å². The van der Waals surface area contributed by atoms with Gasteiger partial charge in [0, 0.05) is 31.1 Å². The van der Waals surface area contributed by atoms with Crippen molar-refractivity contribution in [3.8, 4) is 0 Å². The maximum absolute atomic E-state index is 12.5. The summed E-state index contributed by atoms with van der Waals surface area (Å²) < 4.78 is 5.49. The van der Waals surface area contributed by atoms with Gasteiger partial charge >= 0.3 is 0 Å². The van der Waals surface area contributed by atoms with Crippen molar-refractivity contribution < 1.29 is 14.3 Å². The van der Waals surface area contributed by atoms with Gasteiger partial charge in [0.15, 0.2) is 5.13 Å². The van der Waals surface area contributed by atoms with Crippen molar-refractivity contribution in [3.63, 3.8) is 0 Å². The number of ether oxygens (including phenoxy) is 1. The largest absolute Gasteiger partial charge is 0.379 e. The van der Waals surface area contributed by atoms with Crippen LogP contribution in [0.25, 0.3) is 0 Å². The first-order valence-corrected chi connectivity index (χ1v) is 12.2. The van der Waals surface area contributed by atoms with Gasteiger partial charge in [-0.25, -0.2) is 4.98 Å². The van der Waals surface area contributed by atoms with Crippen molar-refractivity contribution in [2.24, 2.45) is 5.92 Å². The van der Waals surface area contributed by atoms with Crippen LogP contribution in [-0.4, -0.2) is 60.6 Å². The van der Waals surface area contributed by atoms with E-state index in [-0.39, 0.29) is 18.2 Å². The number of nitrogens with one attached hydrogen (secondary N) is 2. The van der Waals surface area contributed by atoms with Crippen LogP contribution in [0.1, 0.15) is 42.1 Å². The van der Waals surface area contributed by atoms with E-state index in [1.807, 2.05) is 16.8 Å². The van der Waals surface area contributed by atoms with Gasteiger partial charge in [-0.1, -0.05) is 32.8 Å². The summed E-state index contributed by atoms with van der Waals surface area (Å²) >= 11 is 2.72. The quantitative estimate of drug-likeness (QED) is 0.581. The summed E-state index contributed by atoms with van der Waals surface area (Å²) in [6.07, 6.45) is 2.39. The molecule has 2 aromatic rings. The zero-order valence-electron chi connectivity index (χ0n) is 17.6. The van der Waals surface area contributed by atoms with Crippen LogP contribution in [0.5, 0.6) is 0 Å². The van der Waals surface area contributed by atoms with E-state index in [2.05, 4.69) is 34.4 Å². The fourth-order valence-corrected chi connectivity index (χ4v) is 5.12. The molecular formula is C21H30N4O3S2. The number of aromatic nitrogens is 1. The summed E-state index contributed by atoms with van der Waals surface area (Å²) in [5.74, 6) is 0.330. The highest BCUT2D eigenvalue weighted by Gasteiger charge is 2.27.